The SMILES string of the molecule is Cc1cccc(-c2ccc(CNC(=O)[C@H]3CNC[C@@H]3c3cnn(C)c3)cc2)c1.Cl. The van der Waals surface area contributed by atoms with E-state index < -0.39 is 0 Å². The molecule has 3 aromatic rings. The van der Waals surface area contributed by atoms with Crippen molar-refractivity contribution in [2.24, 2.45) is 13.0 Å². The summed E-state index contributed by atoms with van der Waals surface area (Å²) in [4.78, 5) is 12.8. The second-order valence-electron chi connectivity index (χ2n) is 7.60. The number of hydrogen-bond acceptors (Lipinski definition) is 3. The molecule has 5 nitrogen and oxygen atoms in total. The fraction of sp³-hybridized carbons (Fsp3) is 0.304. The van der Waals surface area contributed by atoms with E-state index >= 15 is 0 Å². The predicted molar refractivity (Wildman–Crippen MR) is 118 cm³/mol. The summed E-state index contributed by atoms with van der Waals surface area (Å²) in [6, 6.07) is 16.9. The van der Waals surface area contributed by atoms with E-state index in [1.54, 1.807) is 4.68 Å². The van der Waals surface area contributed by atoms with Crippen molar-refractivity contribution in [2.75, 3.05) is 13.1 Å². The van der Waals surface area contributed by atoms with Crippen LogP contribution in [-0.4, -0.2) is 28.8 Å². The first kappa shape index (κ1) is 21.1. The van der Waals surface area contributed by atoms with Gasteiger partial charge in [0.15, 0.2) is 0 Å². The number of nitrogens with one attached hydrogen (secondary N) is 2. The molecule has 1 amide bonds. The number of halogens is 1. The fourth-order valence-corrected chi connectivity index (χ4v) is 3.90. The third-order valence-electron chi connectivity index (χ3n) is 5.48. The van der Waals surface area contributed by atoms with Gasteiger partial charge in [-0.1, -0.05) is 54.1 Å². The van der Waals surface area contributed by atoms with Gasteiger partial charge in [0.25, 0.3) is 0 Å². The van der Waals surface area contributed by atoms with Gasteiger partial charge in [-0.15, -0.1) is 12.4 Å². The molecule has 1 saturated heterocycles. The predicted octanol–water partition coefficient (Wildman–Crippen LogP) is 3.44. The van der Waals surface area contributed by atoms with Gasteiger partial charge in [0.1, 0.15) is 0 Å². The second-order valence-corrected chi connectivity index (χ2v) is 7.60. The van der Waals surface area contributed by atoms with Crippen molar-refractivity contribution >= 4 is 18.3 Å². The zero-order valence-corrected chi connectivity index (χ0v) is 17.6. The molecule has 0 bridgehead atoms. The monoisotopic (exact) mass is 410 g/mol. The number of hydrogen-bond donors (Lipinski definition) is 2. The largest absolute Gasteiger partial charge is 0.352 e. The minimum atomic E-state index is -0.0595. The highest BCUT2D eigenvalue weighted by Gasteiger charge is 2.34. The first-order valence-corrected chi connectivity index (χ1v) is 9.73. The van der Waals surface area contributed by atoms with Gasteiger partial charge in [-0.25, -0.2) is 0 Å². The Balaban J connectivity index is 0.00000240. The smallest absolute Gasteiger partial charge is 0.225 e. The summed E-state index contributed by atoms with van der Waals surface area (Å²) in [5, 5.41) is 10.7. The lowest BCUT2D eigenvalue weighted by Crippen LogP contribution is -2.33. The van der Waals surface area contributed by atoms with E-state index in [4.69, 9.17) is 0 Å². The number of amides is 1. The maximum Gasteiger partial charge on any atom is 0.225 e. The quantitative estimate of drug-likeness (QED) is 0.677. The number of carbonyl (C=O) groups excluding carboxylic acids is 1. The average Bonchev–Trinajstić information content (AvgIpc) is 3.35. The molecule has 152 valence electrons. The molecule has 4 rings (SSSR count). The second kappa shape index (κ2) is 9.25. The Hall–Kier alpha value is -2.63. The van der Waals surface area contributed by atoms with Gasteiger partial charge in [-0.2, -0.15) is 5.10 Å². The van der Waals surface area contributed by atoms with Crippen molar-refractivity contribution in [1.29, 1.82) is 0 Å². The van der Waals surface area contributed by atoms with Gasteiger partial charge < -0.3 is 10.6 Å². The molecule has 1 aliphatic rings. The Bertz CT molecular complexity index is 967. The van der Waals surface area contributed by atoms with Gasteiger partial charge in [-0.05, 0) is 29.2 Å². The van der Waals surface area contributed by atoms with E-state index in [1.807, 2.05) is 19.4 Å². The molecule has 2 aromatic carbocycles. The summed E-state index contributed by atoms with van der Waals surface area (Å²) >= 11 is 0. The molecule has 0 radical (unpaired) electrons. The molecular weight excluding hydrogens is 384 g/mol. The van der Waals surface area contributed by atoms with E-state index in [1.165, 1.54) is 16.7 Å². The number of rotatable bonds is 5. The lowest BCUT2D eigenvalue weighted by molar-refractivity contribution is -0.125. The van der Waals surface area contributed by atoms with E-state index in [0.717, 1.165) is 17.7 Å². The van der Waals surface area contributed by atoms with Crippen LogP contribution < -0.4 is 10.6 Å². The number of carbonyl (C=O) groups is 1. The molecule has 0 aliphatic carbocycles. The Morgan fingerprint density at radius 3 is 2.66 bits per heavy atom. The van der Waals surface area contributed by atoms with Crippen LogP contribution in [0.25, 0.3) is 11.1 Å². The molecule has 1 fully saturated rings. The minimum absolute atomic E-state index is 0. The van der Waals surface area contributed by atoms with Crippen molar-refractivity contribution in [2.45, 2.75) is 19.4 Å². The highest BCUT2D eigenvalue weighted by molar-refractivity contribution is 5.85. The van der Waals surface area contributed by atoms with Crippen LogP contribution in [0.5, 0.6) is 0 Å². The first-order valence-electron chi connectivity index (χ1n) is 9.73. The Morgan fingerprint density at radius 1 is 1.17 bits per heavy atom. The van der Waals surface area contributed by atoms with Crippen molar-refractivity contribution in [1.82, 2.24) is 20.4 Å². The van der Waals surface area contributed by atoms with Gasteiger partial charge >= 0.3 is 0 Å². The Labute approximate surface area is 177 Å². The van der Waals surface area contributed by atoms with Crippen LogP contribution in [0, 0.1) is 12.8 Å². The summed E-state index contributed by atoms with van der Waals surface area (Å²) in [7, 11) is 1.90. The van der Waals surface area contributed by atoms with Crippen LogP contribution in [0.2, 0.25) is 0 Å². The van der Waals surface area contributed by atoms with Crippen LogP contribution in [0.15, 0.2) is 60.9 Å². The third-order valence-corrected chi connectivity index (χ3v) is 5.48. The van der Waals surface area contributed by atoms with Crippen molar-refractivity contribution in [3.8, 4) is 11.1 Å². The van der Waals surface area contributed by atoms with Crippen molar-refractivity contribution in [3.05, 3.63) is 77.6 Å². The van der Waals surface area contributed by atoms with E-state index in [2.05, 4.69) is 71.2 Å². The fourth-order valence-electron chi connectivity index (χ4n) is 3.90. The minimum Gasteiger partial charge on any atom is -0.352 e. The summed E-state index contributed by atoms with van der Waals surface area (Å²) in [5.41, 5.74) is 5.88. The summed E-state index contributed by atoms with van der Waals surface area (Å²) in [6.45, 7) is 4.17. The van der Waals surface area contributed by atoms with Crippen LogP contribution >= 0.6 is 12.4 Å². The molecule has 1 aromatic heterocycles. The molecule has 0 spiro atoms. The summed E-state index contributed by atoms with van der Waals surface area (Å²) < 4.78 is 1.79. The average molecular weight is 411 g/mol. The molecule has 6 heteroatoms. The Morgan fingerprint density at radius 2 is 1.97 bits per heavy atom. The van der Waals surface area contributed by atoms with Crippen molar-refractivity contribution in [3.63, 3.8) is 0 Å². The number of aromatic nitrogens is 2. The molecule has 0 saturated carbocycles. The third kappa shape index (κ3) is 4.86. The van der Waals surface area contributed by atoms with Crippen LogP contribution in [0.3, 0.4) is 0 Å². The van der Waals surface area contributed by atoms with E-state index in [9.17, 15) is 4.79 Å². The molecule has 29 heavy (non-hydrogen) atoms. The maximum absolute atomic E-state index is 12.8. The van der Waals surface area contributed by atoms with Crippen LogP contribution in [0.1, 0.15) is 22.6 Å². The lowest BCUT2D eigenvalue weighted by Gasteiger charge is -2.17. The molecule has 1 aliphatic heterocycles. The van der Waals surface area contributed by atoms with Gasteiger partial charge in [0, 0.05) is 38.8 Å². The molecule has 0 unspecified atom stereocenters. The van der Waals surface area contributed by atoms with Crippen LogP contribution in [0.4, 0.5) is 0 Å². The maximum atomic E-state index is 12.8. The highest BCUT2D eigenvalue weighted by Crippen LogP contribution is 2.28. The number of aryl methyl sites for hydroxylation is 2. The zero-order valence-electron chi connectivity index (χ0n) is 16.8. The summed E-state index contributed by atoms with van der Waals surface area (Å²) in [6.07, 6.45) is 3.87. The highest BCUT2D eigenvalue weighted by atomic mass is 35.5. The zero-order chi connectivity index (χ0) is 19.5. The standard InChI is InChI=1S/C23H26N4O.ClH/c1-16-4-3-5-19(10-16)18-8-6-17(7-9-18)11-25-23(28)22-14-24-13-21(22)20-12-26-27(2)15-20;/h3-10,12,15,21-22,24H,11,13-14H2,1-2H3,(H,25,28);1H/t21-,22+;/m1./s1. The molecule has 2 atom stereocenters. The van der Waals surface area contributed by atoms with Gasteiger partial charge in [0.2, 0.25) is 5.91 Å². The molecule has 2 heterocycles. The molecule has 2 N–H and O–H groups in total. The lowest BCUT2D eigenvalue weighted by atomic mass is 9.90. The first-order chi connectivity index (χ1) is 13.6. The number of benzene rings is 2. The van der Waals surface area contributed by atoms with Gasteiger partial charge in [0.05, 0.1) is 12.1 Å². The normalized spacial score (nSPS) is 18.3. The van der Waals surface area contributed by atoms with Crippen LogP contribution in [-0.2, 0) is 18.4 Å². The number of nitrogens with zero attached hydrogens (tertiary/aromatic N) is 2. The Kier molecular flexibility index (Phi) is 6.72. The summed E-state index contributed by atoms with van der Waals surface area (Å²) in [5.74, 6) is 0.217. The van der Waals surface area contributed by atoms with Gasteiger partial charge in [-0.3, -0.25) is 9.48 Å². The van der Waals surface area contributed by atoms with E-state index in [0.29, 0.717) is 13.1 Å². The molecular formula is C23H27ClN4O. The van der Waals surface area contributed by atoms with E-state index in [-0.39, 0.29) is 30.2 Å². The topological polar surface area (TPSA) is 59.0 Å². The van der Waals surface area contributed by atoms with Crippen molar-refractivity contribution < 1.29 is 4.79 Å².